The van der Waals surface area contributed by atoms with Gasteiger partial charge in [-0.3, -0.25) is 4.79 Å². The van der Waals surface area contributed by atoms with Crippen LogP contribution in [0.15, 0.2) is 115 Å². The average molecular weight is 567 g/mol. The number of nitrogens with one attached hydrogen (secondary N) is 1. The average Bonchev–Trinajstić information content (AvgIpc) is 3.46. The molecular formula is C33H31ClN4OS. The fourth-order valence-electron chi connectivity index (χ4n) is 4.71. The molecule has 0 aliphatic heterocycles. The molecule has 1 amide bonds. The van der Waals surface area contributed by atoms with Gasteiger partial charge in [-0.25, -0.2) is 4.98 Å². The summed E-state index contributed by atoms with van der Waals surface area (Å²) in [5.41, 5.74) is 4.69. The molecular weight excluding hydrogens is 536 g/mol. The van der Waals surface area contributed by atoms with Gasteiger partial charge in [0.05, 0.1) is 6.54 Å². The van der Waals surface area contributed by atoms with Crippen molar-refractivity contribution in [3.05, 3.63) is 148 Å². The van der Waals surface area contributed by atoms with Crippen molar-refractivity contribution in [1.29, 1.82) is 0 Å². The van der Waals surface area contributed by atoms with Gasteiger partial charge < -0.3 is 10.2 Å². The highest BCUT2D eigenvalue weighted by molar-refractivity contribution is 7.09. The molecule has 0 radical (unpaired) electrons. The lowest BCUT2D eigenvalue weighted by molar-refractivity contribution is -0.119. The summed E-state index contributed by atoms with van der Waals surface area (Å²) in [5, 5.41) is 4.59. The summed E-state index contributed by atoms with van der Waals surface area (Å²) in [6.07, 6.45) is 1.42. The highest BCUT2D eigenvalue weighted by Crippen LogP contribution is 2.27. The van der Waals surface area contributed by atoms with Crippen LogP contribution in [0.4, 0.5) is 5.13 Å². The number of carbonyl (C=O) groups is 1. The van der Waals surface area contributed by atoms with Crippen LogP contribution >= 0.6 is 23.1 Å². The molecule has 1 aromatic heterocycles. The van der Waals surface area contributed by atoms with E-state index in [1.54, 1.807) is 0 Å². The van der Waals surface area contributed by atoms with Gasteiger partial charge in [0.1, 0.15) is 5.82 Å². The minimum Gasteiger partial charge on any atom is -0.355 e. The fraction of sp³-hybridized carbons (Fsp3) is 0.182. The van der Waals surface area contributed by atoms with Gasteiger partial charge in [0.15, 0.2) is 0 Å². The minimum atomic E-state index is -0.0368. The third-order valence-corrected chi connectivity index (χ3v) is 7.78. The number of aromatic nitrogens is 2. The Morgan fingerprint density at radius 2 is 1.40 bits per heavy atom. The van der Waals surface area contributed by atoms with Crippen molar-refractivity contribution < 1.29 is 4.79 Å². The Labute approximate surface area is 244 Å². The highest BCUT2D eigenvalue weighted by Gasteiger charge is 2.19. The minimum absolute atomic E-state index is 0.0368. The predicted molar refractivity (Wildman–Crippen MR) is 164 cm³/mol. The van der Waals surface area contributed by atoms with Crippen molar-refractivity contribution >= 4 is 34.2 Å². The Morgan fingerprint density at radius 1 is 0.800 bits per heavy atom. The van der Waals surface area contributed by atoms with Gasteiger partial charge in [-0.05, 0) is 40.8 Å². The van der Waals surface area contributed by atoms with E-state index in [1.807, 2.05) is 59.5 Å². The number of hydrogen-bond donors (Lipinski definition) is 1. The molecule has 1 heterocycles. The van der Waals surface area contributed by atoms with Crippen molar-refractivity contribution in [2.24, 2.45) is 0 Å². The SMILES string of the molecule is O=C(CN(Cc1ccccc1)c1nc(Cc2ccc(Cl)cc2)ns1)NCCC(c1ccccc1)c1ccccc1. The number of rotatable bonds is 12. The summed E-state index contributed by atoms with van der Waals surface area (Å²) >= 11 is 7.35. The van der Waals surface area contributed by atoms with Crippen molar-refractivity contribution in [1.82, 2.24) is 14.7 Å². The summed E-state index contributed by atoms with van der Waals surface area (Å²) in [6, 6.07) is 38.8. The van der Waals surface area contributed by atoms with Gasteiger partial charge in [0.25, 0.3) is 0 Å². The van der Waals surface area contributed by atoms with Crippen LogP contribution in [0.5, 0.6) is 0 Å². The first-order valence-corrected chi connectivity index (χ1v) is 14.5. The lowest BCUT2D eigenvalue weighted by atomic mass is 9.88. The van der Waals surface area contributed by atoms with Gasteiger partial charge >= 0.3 is 0 Å². The lowest BCUT2D eigenvalue weighted by Crippen LogP contribution is -2.37. The number of anilines is 1. The standard InChI is InChI=1S/C33H31ClN4OS/c34-29-18-16-25(17-19-29)22-31-36-33(40-37-31)38(23-26-10-4-1-5-11-26)24-32(39)35-21-20-30(27-12-6-2-7-13-27)28-14-8-3-9-15-28/h1-19,30H,20-24H2,(H,35,39). The Hall–Kier alpha value is -4.00. The summed E-state index contributed by atoms with van der Waals surface area (Å²) < 4.78 is 4.58. The quantitative estimate of drug-likeness (QED) is 0.174. The smallest absolute Gasteiger partial charge is 0.239 e. The zero-order valence-electron chi connectivity index (χ0n) is 22.1. The topological polar surface area (TPSA) is 58.1 Å². The Bertz CT molecular complexity index is 1440. The third kappa shape index (κ3) is 7.78. The zero-order valence-corrected chi connectivity index (χ0v) is 23.7. The van der Waals surface area contributed by atoms with E-state index in [9.17, 15) is 4.79 Å². The van der Waals surface area contributed by atoms with E-state index in [0.717, 1.165) is 28.5 Å². The largest absolute Gasteiger partial charge is 0.355 e. The molecule has 0 bridgehead atoms. The number of carbonyl (C=O) groups excluding carboxylic acids is 1. The van der Waals surface area contributed by atoms with E-state index < -0.39 is 0 Å². The molecule has 4 aromatic carbocycles. The molecule has 5 nitrogen and oxygen atoms in total. The molecule has 0 saturated heterocycles. The van der Waals surface area contributed by atoms with Crippen LogP contribution in [0.2, 0.25) is 5.02 Å². The van der Waals surface area contributed by atoms with Crippen LogP contribution in [0.1, 0.15) is 40.4 Å². The second-order valence-electron chi connectivity index (χ2n) is 9.65. The predicted octanol–water partition coefficient (Wildman–Crippen LogP) is 7.13. The number of benzene rings is 4. The van der Waals surface area contributed by atoms with Crippen molar-refractivity contribution in [2.45, 2.75) is 25.3 Å². The highest BCUT2D eigenvalue weighted by atomic mass is 35.5. The van der Waals surface area contributed by atoms with Crippen molar-refractivity contribution in [3.8, 4) is 0 Å². The molecule has 0 fully saturated rings. The van der Waals surface area contributed by atoms with E-state index in [2.05, 4.69) is 70.4 Å². The van der Waals surface area contributed by atoms with Crippen LogP contribution in [0.3, 0.4) is 0 Å². The maximum Gasteiger partial charge on any atom is 0.239 e. The fourth-order valence-corrected chi connectivity index (χ4v) is 5.52. The molecule has 0 aliphatic rings. The summed E-state index contributed by atoms with van der Waals surface area (Å²) in [5.74, 6) is 0.904. The Balaban J connectivity index is 1.25. The van der Waals surface area contributed by atoms with Gasteiger partial charge in [0.2, 0.25) is 11.0 Å². The summed E-state index contributed by atoms with van der Waals surface area (Å²) in [4.78, 5) is 20.0. The lowest BCUT2D eigenvalue weighted by Gasteiger charge is -2.22. The van der Waals surface area contributed by atoms with Gasteiger partial charge in [-0.15, -0.1) is 0 Å². The molecule has 7 heteroatoms. The molecule has 40 heavy (non-hydrogen) atoms. The molecule has 0 saturated carbocycles. The molecule has 0 spiro atoms. The van der Waals surface area contributed by atoms with E-state index in [-0.39, 0.29) is 18.4 Å². The van der Waals surface area contributed by atoms with E-state index >= 15 is 0 Å². The second-order valence-corrected chi connectivity index (χ2v) is 10.8. The maximum atomic E-state index is 13.2. The molecule has 5 aromatic rings. The van der Waals surface area contributed by atoms with Crippen LogP contribution in [-0.2, 0) is 17.8 Å². The van der Waals surface area contributed by atoms with Gasteiger partial charge in [-0.1, -0.05) is 115 Å². The Kier molecular flexibility index (Phi) is 9.56. The molecule has 0 atom stereocenters. The first-order chi connectivity index (χ1) is 19.6. The first-order valence-electron chi connectivity index (χ1n) is 13.4. The molecule has 1 N–H and O–H groups in total. The molecule has 202 valence electrons. The monoisotopic (exact) mass is 566 g/mol. The van der Waals surface area contributed by atoms with E-state index in [4.69, 9.17) is 16.6 Å². The van der Waals surface area contributed by atoms with E-state index in [1.165, 1.54) is 22.7 Å². The van der Waals surface area contributed by atoms with Crippen LogP contribution in [0, 0.1) is 0 Å². The van der Waals surface area contributed by atoms with Gasteiger partial charge in [0, 0.05) is 42.0 Å². The molecule has 5 rings (SSSR count). The Morgan fingerprint density at radius 3 is 2.02 bits per heavy atom. The second kappa shape index (κ2) is 13.9. The maximum absolute atomic E-state index is 13.2. The van der Waals surface area contributed by atoms with E-state index in [0.29, 0.717) is 24.5 Å². The van der Waals surface area contributed by atoms with Crippen molar-refractivity contribution in [3.63, 3.8) is 0 Å². The van der Waals surface area contributed by atoms with Crippen LogP contribution in [-0.4, -0.2) is 28.4 Å². The first kappa shape index (κ1) is 27.6. The van der Waals surface area contributed by atoms with Crippen molar-refractivity contribution in [2.75, 3.05) is 18.0 Å². The van der Waals surface area contributed by atoms with Crippen LogP contribution < -0.4 is 10.2 Å². The van der Waals surface area contributed by atoms with Gasteiger partial charge in [-0.2, -0.15) is 4.37 Å². The zero-order chi connectivity index (χ0) is 27.6. The number of halogens is 1. The number of amides is 1. The molecule has 0 aliphatic carbocycles. The van der Waals surface area contributed by atoms with Crippen LogP contribution in [0.25, 0.3) is 0 Å². The summed E-state index contributed by atoms with van der Waals surface area (Å²) in [7, 11) is 0. The summed E-state index contributed by atoms with van der Waals surface area (Å²) in [6.45, 7) is 1.34. The normalized spacial score (nSPS) is 10.9. The number of nitrogens with zero attached hydrogens (tertiary/aromatic N) is 3. The number of hydrogen-bond acceptors (Lipinski definition) is 5. The third-order valence-electron chi connectivity index (χ3n) is 6.71. The molecule has 0 unspecified atom stereocenters.